The second-order valence-electron chi connectivity index (χ2n) is 4.56. The number of fused-ring (bicyclic) bond motifs is 3. The Morgan fingerprint density at radius 1 is 1.10 bits per heavy atom. The monoisotopic (exact) mass is 264 g/mol. The van der Waals surface area contributed by atoms with Crippen LogP contribution in [0.25, 0.3) is 11.0 Å². The lowest BCUT2D eigenvalue weighted by Crippen LogP contribution is -2.31. The number of nitrogens with two attached hydrogens (primary N) is 1. The smallest absolute Gasteiger partial charge is 0.212 e. The van der Waals surface area contributed by atoms with E-state index in [0.717, 1.165) is 16.7 Å². The number of para-hydroxylation sites is 2. The van der Waals surface area contributed by atoms with Crippen LogP contribution in [0.2, 0.25) is 0 Å². The standard InChI is InChI=1S/C14H12N6/c15-13-18-12(10-6-3-4-8-16-10)20-11-7-2-1-5-9(11)17-14(20)19-13/h1-8,12H,(H3,15,17,18,19)/t12-/m1/s1. The van der Waals surface area contributed by atoms with E-state index in [0.29, 0.717) is 11.9 Å². The molecule has 0 amide bonds. The van der Waals surface area contributed by atoms with E-state index in [9.17, 15) is 0 Å². The van der Waals surface area contributed by atoms with Gasteiger partial charge >= 0.3 is 0 Å². The Hall–Kier alpha value is -2.89. The SMILES string of the molecule is NC1=N[C@@H](c2ccccn2)n2c(nc3ccccc32)N1. The molecule has 0 fully saturated rings. The first-order chi connectivity index (χ1) is 9.83. The van der Waals surface area contributed by atoms with Crippen molar-refractivity contribution in [3.05, 3.63) is 54.4 Å². The van der Waals surface area contributed by atoms with Gasteiger partial charge in [-0.2, -0.15) is 0 Å². The van der Waals surface area contributed by atoms with Crippen molar-refractivity contribution in [3.8, 4) is 0 Å². The third-order valence-electron chi connectivity index (χ3n) is 3.29. The minimum Gasteiger partial charge on any atom is -0.370 e. The van der Waals surface area contributed by atoms with Gasteiger partial charge in [0, 0.05) is 6.20 Å². The fraction of sp³-hybridized carbons (Fsp3) is 0.0714. The van der Waals surface area contributed by atoms with Crippen molar-refractivity contribution in [2.24, 2.45) is 10.7 Å². The van der Waals surface area contributed by atoms with Crippen molar-refractivity contribution < 1.29 is 0 Å². The molecule has 3 aromatic rings. The summed E-state index contributed by atoms with van der Waals surface area (Å²) in [6.45, 7) is 0. The molecule has 0 radical (unpaired) electrons. The number of aromatic nitrogens is 3. The van der Waals surface area contributed by atoms with Crippen molar-refractivity contribution in [2.45, 2.75) is 6.17 Å². The lowest BCUT2D eigenvalue weighted by Gasteiger charge is -2.22. The fourth-order valence-corrected chi connectivity index (χ4v) is 2.44. The number of guanidine groups is 1. The highest BCUT2D eigenvalue weighted by Gasteiger charge is 2.25. The molecule has 1 atom stereocenters. The van der Waals surface area contributed by atoms with Crippen LogP contribution in [-0.2, 0) is 0 Å². The molecule has 0 spiro atoms. The summed E-state index contributed by atoms with van der Waals surface area (Å²) in [4.78, 5) is 13.4. The zero-order valence-corrected chi connectivity index (χ0v) is 10.6. The summed E-state index contributed by atoms with van der Waals surface area (Å²) in [5, 5.41) is 3.00. The lowest BCUT2D eigenvalue weighted by molar-refractivity contribution is 0.608. The van der Waals surface area contributed by atoms with Crippen LogP contribution in [0.1, 0.15) is 11.9 Å². The third-order valence-corrected chi connectivity index (χ3v) is 3.29. The van der Waals surface area contributed by atoms with E-state index >= 15 is 0 Å². The first-order valence-corrected chi connectivity index (χ1v) is 6.31. The van der Waals surface area contributed by atoms with Gasteiger partial charge in [-0.15, -0.1) is 0 Å². The number of nitrogens with zero attached hydrogens (tertiary/aromatic N) is 4. The average Bonchev–Trinajstić information content (AvgIpc) is 2.85. The highest BCUT2D eigenvalue weighted by Crippen LogP contribution is 2.30. The number of anilines is 1. The zero-order chi connectivity index (χ0) is 13.5. The Balaban J connectivity index is 1.98. The van der Waals surface area contributed by atoms with Crippen LogP contribution >= 0.6 is 0 Å². The molecule has 0 saturated carbocycles. The van der Waals surface area contributed by atoms with Crippen molar-refractivity contribution >= 4 is 22.9 Å². The average molecular weight is 264 g/mol. The van der Waals surface area contributed by atoms with Gasteiger partial charge in [0.15, 0.2) is 12.1 Å². The first kappa shape index (κ1) is 11.0. The Bertz CT molecular complexity index is 805. The molecule has 0 saturated heterocycles. The van der Waals surface area contributed by atoms with Crippen molar-refractivity contribution in [1.82, 2.24) is 14.5 Å². The maximum atomic E-state index is 5.86. The minimum atomic E-state index is -0.292. The second-order valence-corrected chi connectivity index (χ2v) is 4.56. The van der Waals surface area contributed by atoms with Gasteiger partial charge in [-0.05, 0) is 24.3 Å². The summed E-state index contributed by atoms with van der Waals surface area (Å²) in [6.07, 6.45) is 1.46. The highest BCUT2D eigenvalue weighted by molar-refractivity contribution is 5.94. The summed E-state index contributed by atoms with van der Waals surface area (Å²) in [5.41, 5.74) is 8.60. The molecule has 0 bridgehead atoms. The van der Waals surface area contributed by atoms with Gasteiger partial charge in [0.1, 0.15) is 0 Å². The van der Waals surface area contributed by atoms with Gasteiger partial charge in [-0.3, -0.25) is 14.9 Å². The summed E-state index contributed by atoms with van der Waals surface area (Å²) in [6, 6.07) is 13.7. The summed E-state index contributed by atoms with van der Waals surface area (Å²) >= 11 is 0. The number of aliphatic imine (C=N–C) groups is 1. The van der Waals surface area contributed by atoms with Crippen molar-refractivity contribution in [2.75, 3.05) is 5.32 Å². The van der Waals surface area contributed by atoms with Crippen LogP contribution in [-0.4, -0.2) is 20.5 Å². The fourth-order valence-electron chi connectivity index (χ4n) is 2.44. The Kier molecular flexibility index (Phi) is 2.23. The molecule has 0 unspecified atom stereocenters. The van der Waals surface area contributed by atoms with E-state index in [-0.39, 0.29) is 6.17 Å². The Labute approximate surface area is 115 Å². The molecule has 6 heteroatoms. The van der Waals surface area contributed by atoms with Crippen LogP contribution in [0.5, 0.6) is 0 Å². The Morgan fingerprint density at radius 2 is 1.95 bits per heavy atom. The quantitative estimate of drug-likeness (QED) is 0.701. The maximum absolute atomic E-state index is 5.86. The number of nitrogens with one attached hydrogen (secondary N) is 1. The maximum Gasteiger partial charge on any atom is 0.212 e. The van der Waals surface area contributed by atoms with Crippen LogP contribution in [0, 0.1) is 0 Å². The highest BCUT2D eigenvalue weighted by atomic mass is 15.4. The molecule has 1 aliphatic heterocycles. The largest absolute Gasteiger partial charge is 0.370 e. The van der Waals surface area contributed by atoms with E-state index in [1.807, 2.05) is 47.0 Å². The summed E-state index contributed by atoms with van der Waals surface area (Å²) in [7, 11) is 0. The van der Waals surface area contributed by atoms with Crippen LogP contribution in [0.3, 0.4) is 0 Å². The second kappa shape index (κ2) is 4.06. The van der Waals surface area contributed by atoms with E-state index < -0.39 is 0 Å². The number of benzene rings is 1. The van der Waals surface area contributed by atoms with Crippen molar-refractivity contribution in [1.29, 1.82) is 0 Å². The van der Waals surface area contributed by atoms with Gasteiger partial charge in [0.05, 0.1) is 16.7 Å². The zero-order valence-electron chi connectivity index (χ0n) is 10.6. The number of hydrogen-bond donors (Lipinski definition) is 2. The van der Waals surface area contributed by atoms with Crippen LogP contribution < -0.4 is 11.1 Å². The number of pyridine rings is 1. The van der Waals surface area contributed by atoms with Gasteiger partial charge in [0.2, 0.25) is 5.95 Å². The van der Waals surface area contributed by atoms with Gasteiger partial charge in [-0.1, -0.05) is 18.2 Å². The molecule has 4 rings (SSSR count). The van der Waals surface area contributed by atoms with E-state index in [4.69, 9.17) is 5.73 Å². The molecule has 3 heterocycles. The van der Waals surface area contributed by atoms with E-state index in [1.54, 1.807) is 6.20 Å². The van der Waals surface area contributed by atoms with Gasteiger partial charge < -0.3 is 5.73 Å². The molecule has 3 N–H and O–H groups in total. The molecule has 6 nitrogen and oxygen atoms in total. The molecular formula is C14H12N6. The first-order valence-electron chi connectivity index (χ1n) is 6.31. The molecular weight excluding hydrogens is 252 g/mol. The number of imidazole rings is 1. The summed E-state index contributed by atoms with van der Waals surface area (Å²) < 4.78 is 2.01. The van der Waals surface area contributed by atoms with Crippen LogP contribution in [0.4, 0.5) is 5.95 Å². The number of hydrogen-bond acceptors (Lipinski definition) is 5. The minimum absolute atomic E-state index is 0.292. The summed E-state index contributed by atoms with van der Waals surface area (Å²) in [5.74, 6) is 1.04. The van der Waals surface area contributed by atoms with Crippen molar-refractivity contribution in [3.63, 3.8) is 0 Å². The molecule has 1 aromatic carbocycles. The molecule has 98 valence electrons. The third kappa shape index (κ3) is 1.55. The molecule has 1 aliphatic rings. The number of rotatable bonds is 1. The lowest BCUT2D eigenvalue weighted by atomic mass is 10.2. The normalized spacial score (nSPS) is 17.4. The van der Waals surface area contributed by atoms with E-state index in [1.165, 1.54) is 0 Å². The van der Waals surface area contributed by atoms with E-state index in [2.05, 4.69) is 20.3 Å². The van der Waals surface area contributed by atoms with Crippen LogP contribution in [0.15, 0.2) is 53.7 Å². The molecule has 0 aliphatic carbocycles. The molecule has 2 aromatic heterocycles. The topological polar surface area (TPSA) is 81.1 Å². The van der Waals surface area contributed by atoms with Gasteiger partial charge in [-0.25, -0.2) is 9.98 Å². The molecule has 20 heavy (non-hydrogen) atoms. The Morgan fingerprint density at radius 3 is 2.80 bits per heavy atom. The van der Waals surface area contributed by atoms with Gasteiger partial charge in [0.25, 0.3) is 0 Å². The predicted octanol–water partition coefficient (Wildman–Crippen LogP) is 1.72. The predicted molar refractivity (Wildman–Crippen MR) is 77.4 cm³/mol.